The van der Waals surface area contributed by atoms with Gasteiger partial charge in [-0.05, 0) is 13.8 Å². The minimum Gasteiger partial charge on any atom is -0.351 e. The Morgan fingerprint density at radius 2 is 2.00 bits per heavy atom. The zero-order chi connectivity index (χ0) is 7.61. The van der Waals surface area contributed by atoms with Crippen LogP contribution in [0.1, 0.15) is 13.8 Å². The summed E-state index contributed by atoms with van der Waals surface area (Å²) in [6.07, 6.45) is 5.18. The van der Waals surface area contributed by atoms with Crippen molar-refractivity contribution in [3.8, 4) is 12.3 Å². The van der Waals surface area contributed by atoms with Crippen molar-refractivity contribution < 1.29 is 9.47 Å². The molecule has 1 fully saturated rings. The van der Waals surface area contributed by atoms with Gasteiger partial charge >= 0.3 is 0 Å². The van der Waals surface area contributed by atoms with E-state index in [2.05, 4.69) is 5.92 Å². The van der Waals surface area contributed by atoms with Crippen LogP contribution in [-0.4, -0.2) is 19.5 Å². The van der Waals surface area contributed by atoms with Crippen LogP contribution >= 0.6 is 0 Å². The number of ether oxygens (including phenoxy) is 2. The van der Waals surface area contributed by atoms with Crippen LogP contribution in [0.4, 0.5) is 0 Å². The summed E-state index contributed by atoms with van der Waals surface area (Å²) >= 11 is 0. The van der Waals surface area contributed by atoms with Crippen LogP contribution in [-0.2, 0) is 9.47 Å². The first-order valence-corrected chi connectivity index (χ1v) is 3.37. The molecule has 10 heavy (non-hydrogen) atoms. The van der Waals surface area contributed by atoms with Crippen LogP contribution in [0.5, 0.6) is 0 Å². The fourth-order valence-corrected chi connectivity index (χ4v) is 0.776. The zero-order valence-corrected chi connectivity index (χ0v) is 6.39. The van der Waals surface area contributed by atoms with Gasteiger partial charge in [0.2, 0.25) is 0 Å². The van der Waals surface area contributed by atoms with Gasteiger partial charge in [-0.2, -0.15) is 0 Å². The van der Waals surface area contributed by atoms with E-state index in [0.717, 1.165) is 0 Å². The lowest BCUT2D eigenvalue weighted by Crippen LogP contribution is -2.37. The van der Waals surface area contributed by atoms with Gasteiger partial charge in [0.25, 0.3) is 0 Å². The molecule has 1 aliphatic rings. The van der Waals surface area contributed by atoms with E-state index in [0.29, 0.717) is 13.2 Å². The number of terminal acetylenes is 1. The Kier molecular flexibility index (Phi) is 1.98. The first-order valence-electron chi connectivity index (χ1n) is 3.37. The van der Waals surface area contributed by atoms with Gasteiger partial charge in [0.15, 0.2) is 6.29 Å². The van der Waals surface area contributed by atoms with E-state index in [1.165, 1.54) is 0 Å². The molecule has 0 N–H and O–H groups in total. The minimum absolute atomic E-state index is 0.0959. The van der Waals surface area contributed by atoms with E-state index in [4.69, 9.17) is 15.9 Å². The molecule has 0 aliphatic carbocycles. The smallest absolute Gasteiger partial charge is 0.154 e. The van der Waals surface area contributed by atoms with E-state index in [1.807, 2.05) is 13.8 Å². The first kappa shape index (κ1) is 7.59. The standard InChI is InChI=1S/C8H12O2/c1-4-8(3)5-9-7(2)10-6-8/h1,7H,5-6H2,2-3H3. The number of hydrogen-bond donors (Lipinski definition) is 0. The fourth-order valence-electron chi connectivity index (χ4n) is 0.776. The molecule has 0 saturated carbocycles. The Morgan fingerprint density at radius 3 is 2.40 bits per heavy atom. The molecule has 0 atom stereocenters. The highest BCUT2D eigenvalue weighted by atomic mass is 16.7. The highest BCUT2D eigenvalue weighted by Gasteiger charge is 2.28. The molecule has 0 amide bonds. The molecule has 1 aliphatic heterocycles. The molecule has 0 unspecified atom stereocenters. The molecule has 1 rings (SSSR count). The van der Waals surface area contributed by atoms with Gasteiger partial charge in [-0.1, -0.05) is 5.92 Å². The molecule has 0 radical (unpaired) electrons. The molecule has 0 aromatic rings. The Balaban J connectivity index is 2.48. The van der Waals surface area contributed by atoms with Crippen molar-refractivity contribution in [3.05, 3.63) is 0 Å². The van der Waals surface area contributed by atoms with E-state index in [9.17, 15) is 0 Å². The van der Waals surface area contributed by atoms with Gasteiger partial charge in [-0.15, -0.1) is 6.42 Å². The van der Waals surface area contributed by atoms with Crippen LogP contribution in [0.25, 0.3) is 0 Å². The lowest BCUT2D eigenvalue weighted by atomic mass is 9.94. The van der Waals surface area contributed by atoms with Crippen molar-refractivity contribution in [1.82, 2.24) is 0 Å². The van der Waals surface area contributed by atoms with Crippen molar-refractivity contribution in [1.29, 1.82) is 0 Å². The Labute approximate surface area is 61.5 Å². The Morgan fingerprint density at radius 1 is 1.50 bits per heavy atom. The molecule has 1 heterocycles. The molecular weight excluding hydrogens is 128 g/mol. The quantitative estimate of drug-likeness (QED) is 0.468. The second-order valence-corrected chi connectivity index (χ2v) is 2.89. The van der Waals surface area contributed by atoms with Crippen LogP contribution in [0, 0.1) is 17.8 Å². The second kappa shape index (κ2) is 2.61. The molecule has 0 bridgehead atoms. The lowest BCUT2D eigenvalue weighted by Gasteiger charge is -2.31. The summed E-state index contributed by atoms with van der Waals surface area (Å²) in [4.78, 5) is 0. The monoisotopic (exact) mass is 140 g/mol. The molecule has 1 saturated heterocycles. The summed E-state index contributed by atoms with van der Waals surface area (Å²) in [7, 11) is 0. The fraction of sp³-hybridized carbons (Fsp3) is 0.750. The highest BCUT2D eigenvalue weighted by Crippen LogP contribution is 2.22. The van der Waals surface area contributed by atoms with Gasteiger partial charge in [0.1, 0.15) is 0 Å². The third-order valence-electron chi connectivity index (χ3n) is 1.62. The largest absolute Gasteiger partial charge is 0.351 e. The number of hydrogen-bond acceptors (Lipinski definition) is 2. The van der Waals surface area contributed by atoms with Crippen LogP contribution < -0.4 is 0 Å². The zero-order valence-electron chi connectivity index (χ0n) is 6.39. The van der Waals surface area contributed by atoms with Crippen LogP contribution in [0.15, 0.2) is 0 Å². The van der Waals surface area contributed by atoms with Crippen molar-refractivity contribution in [2.45, 2.75) is 20.1 Å². The van der Waals surface area contributed by atoms with E-state index >= 15 is 0 Å². The van der Waals surface area contributed by atoms with Gasteiger partial charge in [0, 0.05) is 0 Å². The molecular formula is C8H12O2. The maximum absolute atomic E-state index is 5.27. The van der Waals surface area contributed by atoms with Crippen molar-refractivity contribution >= 4 is 0 Å². The topological polar surface area (TPSA) is 18.5 Å². The maximum Gasteiger partial charge on any atom is 0.154 e. The van der Waals surface area contributed by atoms with Gasteiger partial charge in [-0.25, -0.2) is 0 Å². The number of rotatable bonds is 0. The summed E-state index contributed by atoms with van der Waals surface area (Å²) in [6, 6.07) is 0. The van der Waals surface area contributed by atoms with Gasteiger partial charge in [0.05, 0.1) is 18.6 Å². The Bertz CT molecular complexity index is 149. The van der Waals surface area contributed by atoms with E-state index in [-0.39, 0.29) is 11.7 Å². The van der Waals surface area contributed by atoms with E-state index < -0.39 is 0 Å². The summed E-state index contributed by atoms with van der Waals surface area (Å²) in [6.45, 7) is 5.03. The predicted octanol–water partition coefficient (Wildman–Crippen LogP) is 1.02. The highest BCUT2D eigenvalue weighted by molar-refractivity contribution is 5.04. The van der Waals surface area contributed by atoms with Crippen LogP contribution in [0.2, 0.25) is 0 Å². The average molecular weight is 140 g/mol. The normalized spacial score (nSPS) is 40.7. The Hall–Kier alpha value is -0.520. The molecule has 0 spiro atoms. The second-order valence-electron chi connectivity index (χ2n) is 2.89. The lowest BCUT2D eigenvalue weighted by molar-refractivity contribution is -0.202. The summed E-state index contributed by atoms with van der Waals surface area (Å²) in [5, 5.41) is 0. The first-order chi connectivity index (χ1) is 4.66. The van der Waals surface area contributed by atoms with Gasteiger partial charge < -0.3 is 9.47 Å². The molecule has 0 aromatic heterocycles. The third kappa shape index (κ3) is 1.50. The van der Waals surface area contributed by atoms with Crippen LogP contribution in [0.3, 0.4) is 0 Å². The molecule has 2 heteroatoms. The third-order valence-corrected chi connectivity index (χ3v) is 1.62. The maximum atomic E-state index is 5.27. The van der Waals surface area contributed by atoms with Gasteiger partial charge in [-0.3, -0.25) is 0 Å². The SMILES string of the molecule is C#CC1(C)COC(C)OC1. The summed E-state index contributed by atoms with van der Waals surface area (Å²) < 4.78 is 10.4. The van der Waals surface area contributed by atoms with Crippen molar-refractivity contribution in [2.24, 2.45) is 5.41 Å². The van der Waals surface area contributed by atoms with Crippen molar-refractivity contribution in [2.75, 3.05) is 13.2 Å². The minimum atomic E-state index is -0.216. The molecule has 2 nitrogen and oxygen atoms in total. The predicted molar refractivity (Wildman–Crippen MR) is 38.3 cm³/mol. The molecule has 56 valence electrons. The average Bonchev–Trinajstić information content (AvgIpc) is 1.96. The molecule has 0 aromatic carbocycles. The van der Waals surface area contributed by atoms with E-state index in [1.54, 1.807) is 0 Å². The summed E-state index contributed by atoms with van der Waals surface area (Å²) in [5.74, 6) is 2.65. The van der Waals surface area contributed by atoms with Crippen molar-refractivity contribution in [3.63, 3.8) is 0 Å². The summed E-state index contributed by atoms with van der Waals surface area (Å²) in [5.41, 5.74) is -0.216.